The Morgan fingerprint density at radius 1 is 1.32 bits per heavy atom. The van der Waals surface area contributed by atoms with Gasteiger partial charge in [-0.05, 0) is 26.8 Å². The molecule has 0 atom stereocenters. The zero-order valence-corrected chi connectivity index (χ0v) is 13.8. The molecular weight excluding hydrogens is 290 g/mol. The third-order valence-electron chi connectivity index (χ3n) is 3.52. The van der Waals surface area contributed by atoms with E-state index in [0.717, 1.165) is 12.5 Å². The number of hydrogen-bond donors (Lipinski definition) is 0. The second-order valence-electron chi connectivity index (χ2n) is 7.43. The van der Waals surface area contributed by atoms with Gasteiger partial charge in [-0.2, -0.15) is 8.78 Å². The Labute approximate surface area is 129 Å². The Balaban J connectivity index is 2.45. The molecule has 0 bridgehead atoms. The standard InChI is InChI=1S/C16H22F2N2O2/c1-14(2,3)22-13(21)20-9-15(4,5)10-8-19-12(7-11(10)20)16(6,17)18/h7-8H,9H2,1-6H3. The Hall–Kier alpha value is -1.72. The van der Waals surface area contributed by atoms with Crippen LogP contribution in [0.3, 0.4) is 0 Å². The van der Waals surface area contributed by atoms with Crippen LogP contribution in [0.2, 0.25) is 0 Å². The first-order valence-electron chi connectivity index (χ1n) is 7.21. The first kappa shape index (κ1) is 16.6. The Morgan fingerprint density at radius 2 is 1.91 bits per heavy atom. The number of alkyl halides is 2. The molecule has 2 heterocycles. The summed E-state index contributed by atoms with van der Waals surface area (Å²) in [5.41, 5.74) is -0.135. The minimum absolute atomic E-state index is 0.350. The molecule has 0 aromatic carbocycles. The molecule has 2 rings (SSSR count). The predicted molar refractivity (Wildman–Crippen MR) is 80.4 cm³/mol. The van der Waals surface area contributed by atoms with Gasteiger partial charge in [0.15, 0.2) is 0 Å². The molecule has 0 aliphatic carbocycles. The molecule has 0 radical (unpaired) electrons. The largest absolute Gasteiger partial charge is 0.443 e. The number of rotatable bonds is 1. The third-order valence-corrected chi connectivity index (χ3v) is 3.52. The Kier molecular flexibility index (Phi) is 3.70. The van der Waals surface area contributed by atoms with Gasteiger partial charge in [0, 0.05) is 30.6 Å². The fraction of sp³-hybridized carbons (Fsp3) is 0.625. The van der Waals surface area contributed by atoms with Crippen LogP contribution in [-0.2, 0) is 16.1 Å². The van der Waals surface area contributed by atoms with Crippen molar-refractivity contribution in [1.29, 1.82) is 0 Å². The van der Waals surface area contributed by atoms with Crippen LogP contribution in [0.5, 0.6) is 0 Å². The second-order valence-corrected chi connectivity index (χ2v) is 7.43. The van der Waals surface area contributed by atoms with Gasteiger partial charge in [0.05, 0.1) is 5.69 Å². The van der Waals surface area contributed by atoms with E-state index in [2.05, 4.69) is 4.98 Å². The monoisotopic (exact) mass is 312 g/mol. The summed E-state index contributed by atoms with van der Waals surface area (Å²) < 4.78 is 32.4. The third kappa shape index (κ3) is 3.20. The van der Waals surface area contributed by atoms with Crippen LogP contribution in [0.1, 0.15) is 52.8 Å². The van der Waals surface area contributed by atoms with E-state index in [1.54, 1.807) is 20.8 Å². The lowest BCUT2D eigenvalue weighted by molar-refractivity contribution is 0.0127. The number of ether oxygens (including phenoxy) is 1. The lowest BCUT2D eigenvalue weighted by Crippen LogP contribution is -2.38. The van der Waals surface area contributed by atoms with Crippen LogP contribution >= 0.6 is 0 Å². The van der Waals surface area contributed by atoms with Gasteiger partial charge in [-0.1, -0.05) is 13.8 Å². The van der Waals surface area contributed by atoms with Crippen molar-refractivity contribution in [3.63, 3.8) is 0 Å². The fourth-order valence-corrected chi connectivity index (χ4v) is 2.48. The van der Waals surface area contributed by atoms with E-state index in [1.165, 1.54) is 17.2 Å². The molecule has 6 heteroatoms. The molecule has 1 aromatic rings. The molecule has 22 heavy (non-hydrogen) atoms. The van der Waals surface area contributed by atoms with Crippen LogP contribution < -0.4 is 4.90 Å². The van der Waals surface area contributed by atoms with Crippen molar-refractivity contribution in [2.24, 2.45) is 0 Å². The van der Waals surface area contributed by atoms with Gasteiger partial charge in [-0.3, -0.25) is 9.88 Å². The van der Waals surface area contributed by atoms with Crippen molar-refractivity contribution in [3.8, 4) is 0 Å². The molecule has 1 aliphatic rings. The van der Waals surface area contributed by atoms with Gasteiger partial charge in [0.2, 0.25) is 0 Å². The highest BCUT2D eigenvalue weighted by Crippen LogP contribution is 2.42. The summed E-state index contributed by atoms with van der Waals surface area (Å²) in [6, 6.07) is 1.29. The van der Waals surface area contributed by atoms with Gasteiger partial charge in [-0.15, -0.1) is 0 Å². The first-order valence-corrected chi connectivity index (χ1v) is 7.21. The van der Waals surface area contributed by atoms with Crippen LogP contribution in [0.4, 0.5) is 19.3 Å². The number of halogens is 2. The number of carbonyl (C=O) groups excluding carboxylic acids is 1. The number of nitrogens with zero attached hydrogens (tertiary/aromatic N) is 2. The van der Waals surface area contributed by atoms with Crippen LogP contribution in [0.15, 0.2) is 12.3 Å². The number of amides is 1. The van der Waals surface area contributed by atoms with Crippen LogP contribution in [-0.4, -0.2) is 23.2 Å². The number of pyridine rings is 1. The van der Waals surface area contributed by atoms with Crippen molar-refractivity contribution in [3.05, 3.63) is 23.5 Å². The van der Waals surface area contributed by atoms with Gasteiger partial charge < -0.3 is 4.74 Å². The van der Waals surface area contributed by atoms with Crippen molar-refractivity contribution in [2.45, 2.75) is 58.5 Å². The normalized spacial score (nSPS) is 17.4. The minimum atomic E-state index is -3.05. The van der Waals surface area contributed by atoms with Gasteiger partial charge in [0.25, 0.3) is 5.92 Å². The number of aromatic nitrogens is 1. The van der Waals surface area contributed by atoms with E-state index in [9.17, 15) is 13.6 Å². The zero-order valence-electron chi connectivity index (χ0n) is 13.8. The molecular formula is C16H22F2N2O2. The van der Waals surface area contributed by atoms with E-state index >= 15 is 0 Å². The average Bonchev–Trinajstić information content (AvgIpc) is 2.58. The molecule has 1 aliphatic heterocycles. The summed E-state index contributed by atoms with van der Waals surface area (Å²) in [6.45, 7) is 10.4. The maximum absolute atomic E-state index is 13.5. The van der Waals surface area contributed by atoms with Crippen LogP contribution in [0, 0.1) is 0 Å². The molecule has 0 spiro atoms. The second kappa shape index (κ2) is 4.89. The summed E-state index contributed by atoms with van der Waals surface area (Å²) in [4.78, 5) is 17.6. The smallest absolute Gasteiger partial charge is 0.414 e. The molecule has 0 fully saturated rings. The Bertz CT molecular complexity index is 601. The minimum Gasteiger partial charge on any atom is -0.443 e. The maximum atomic E-state index is 13.5. The molecule has 1 aromatic heterocycles. The lowest BCUT2D eigenvalue weighted by atomic mass is 9.88. The molecule has 122 valence electrons. The van der Waals surface area contributed by atoms with E-state index < -0.39 is 17.6 Å². The summed E-state index contributed by atoms with van der Waals surface area (Å²) in [5.74, 6) is -3.05. The van der Waals surface area contributed by atoms with Crippen molar-refractivity contribution < 1.29 is 18.3 Å². The summed E-state index contributed by atoms with van der Waals surface area (Å²) in [6.07, 6.45) is 0.905. The molecule has 1 amide bonds. The summed E-state index contributed by atoms with van der Waals surface area (Å²) >= 11 is 0. The fourth-order valence-electron chi connectivity index (χ4n) is 2.48. The predicted octanol–water partition coefficient (Wildman–Crippen LogP) is 4.23. The van der Waals surface area contributed by atoms with Gasteiger partial charge in [-0.25, -0.2) is 4.79 Å². The number of anilines is 1. The van der Waals surface area contributed by atoms with Crippen LogP contribution in [0.25, 0.3) is 0 Å². The molecule has 0 unspecified atom stereocenters. The topological polar surface area (TPSA) is 42.4 Å². The molecule has 0 saturated carbocycles. The van der Waals surface area contributed by atoms with E-state index in [-0.39, 0.29) is 11.1 Å². The highest BCUT2D eigenvalue weighted by atomic mass is 19.3. The molecule has 0 N–H and O–H groups in total. The Morgan fingerprint density at radius 3 is 2.41 bits per heavy atom. The average molecular weight is 312 g/mol. The maximum Gasteiger partial charge on any atom is 0.414 e. The summed E-state index contributed by atoms with van der Waals surface area (Å²) in [5, 5.41) is 0. The lowest BCUT2D eigenvalue weighted by Gasteiger charge is -2.26. The van der Waals surface area contributed by atoms with Gasteiger partial charge in [0.1, 0.15) is 11.3 Å². The summed E-state index contributed by atoms with van der Waals surface area (Å²) in [7, 11) is 0. The van der Waals surface area contributed by atoms with Gasteiger partial charge >= 0.3 is 6.09 Å². The van der Waals surface area contributed by atoms with E-state index in [1.807, 2.05) is 13.8 Å². The number of fused-ring (bicyclic) bond motifs is 1. The quantitative estimate of drug-likeness (QED) is 0.779. The number of carbonyl (C=O) groups is 1. The highest BCUT2D eigenvalue weighted by molar-refractivity contribution is 5.91. The molecule has 4 nitrogen and oxygen atoms in total. The highest BCUT2D eigenvalue weighted by Gasteiger charge is 2.41. The zero-order chi connectivity index (χ0) is 16.9. The first-order chi connectivity index (χ1) is 9.81. The number of hydrogen-bond acceptors (Lipinski definition) is 3. The molecule has 0 saturated heterocycles. The van der Waals surface area contributed by atoms with E-state index in [4.69, 9.17) is 4.74 Å². The SMILES string of the molecule is CC(C)(C)OC(=O)N1CC(C)(C)c2cnc(C(C)(F)F)cc21. The van der Waals surface area contributed by atoms with E-state index in [0.29, 0.717) is 12.2 Å². The van der Waals surface area contributed by atoms with Crippen molar-refractivity contribution in [1.82, 2.24) is 4.98 Å². The van der Waals surface area contributed by atoms with Crippen molar-refractivity contribution in [2.75, 3.05) is 11.4 Å². The van der Waals surface area contributed by atoms with Crippen molar-refractivity contribution >= 4 is 11.8 Å².